The predicted molar refractivity (Wildman–Crippen MR) is 151 cm³/mol. The minimum atomic E-state index is -3.04. The van der Waals surface area contributed by atoms with Crippen LogP contribution in [0.1, 0.15) is 27.2 Å². The average molecular weight is 717 g/mol. The molecule has 16 atom stereocenters. The molecule has 3 heterocycles. The van der Waals surface area contributed by atoms with Crippen LogP contribution >= 0.6 is 0 Å². The first-order valence-corrected chi connectivity index (χ1v) is 15.1. The van der Waals surface area contributed by atoms with Crippen molar-refractivity contribution in [2.24, 2.45) is 5.73 Å². The van der Waals surface area contributed by atoms with Gasteiger partial charge in [0.1, 0.15) is 67.6 Å². The largest absolute Gasteiger partial charge is 0.477 e. The minimum absolute atomic E-state index is 0.722. The maximum Gasteiger partial charge on any atom is 0.364 e. The summed E-state index contributed by atoms with van der Waals surface area (Å²) in [5, 5.41) is 97.3. The van der Waals surface area contributed by atoms with Crippen molar-refractivity contribution in [3.8, 4) is 0 Å². The Morgan fingerprint density at radius 3 is 2.04 bits per heavy atom. The van der Waals surface area contributed by atoms with Crippen molar-refractivity contribution in [3.63, 3.8) is 0 Å². The third-order valence-electron chi connectivity index (χ3n) is 8.10. The highest BCUT2D eigenvalue weighted by atomic mass is 16.8. The van der Waals surface area contributed by atoms with Crippen LogP contribution in [-0.2, 0) is 52.3 Å². The van der Waals surface area contributed by atoms with Crippen LogP contribution in [0, 0.1) is 0 Å². The van der Waals surface area contributed by atoms with Crippen LogP contribution in [0.3, 0.4) is 0 Å². The second-order valence-corrected chi connectivity index (χ2v) is 11.8. The minimum Gasteiger partial charge on any atom is -0.477 e. The van der Waals surface area contributed by atoms with E-state index in [1.165, 1.54) is 0 Å². The molecule has 0 bridgehead atoms. The summed E-state index contributed by atoms with van der Waals surface area (Å²) in [7, 11) is 0. The van der Waals surface area contributed by atoms with Crippen molar-refractivity contribution < 1.29 is 98.3 Å². The molecular formula is C27H44N2O20. The summed E-state index contributed by atoms with van der Waals surface area (Å²) in [6, 6.07) is -3.10. The molecule has 22 heteroatoms. The SMILES string of the molecule is CC(=O)N[C@H]1C(O)O[C@H](CO)[C@H](O)[C@@H]1O[C@@H]1O[C@H](CO)[C@H](O)[C@H](O[C@]2(C(=O)O)C[C@H](O)[C@@H](N)[C@H]([C@H](OC(C)=O)[C@H](O)COC(C)=O)O2)[C@H]1O. The fourth-order valence-corrected chi connectivity index (χ4v) is 5.69. The lowest BCUT2D eigenvalue weighted by Gasteiger charge is -2.50. The number of amides is 1. The van der Waals surface area contributed by atoms with E-state index in [4.69, 9.17) is 38.9 Å². The number of aliphatic hydroxyl groups is 8. The van der Waals surface area contributed by atoms with Gasteiger partial charge in [0.2, 0.25) is 5.91 Å². The number of hydrogen-bond acceptors (Lipinski definition) is 20. The van der Waals surface area contributed by atoms with Crippen molar-refractivity contribution in [2.45, 2.75) is 125 Å². The van der Waals surface area contributed by atoms with Crippen molar-refractivity contribution in [2.75, 3.05) is 19.8 Å². The van der Waals surface area contributed by atoms with Crippen molar-refractivity contribution in [1.29, 1.82) is 0 Å². The summed E-state index contributed by atoms with van der Waals surface area (Å²) >= 11 is 0. The van der Waals surface area contributed by atoms with Crippen LogP contribution in [0.25, 0.3) is 0 Å². The Hall–Kier alpha value is -2.68. The first-order chi connectivity index (χ1) is 22.9. The van der Waals surface area contributed by atoms with E-state index < -0.39 is 148 Å². The zero-order valence-electron chi connectivity index (χ0n) is 26.6. The third-order valence-corrected chi connectivity index (χ3v) is 8.10. The molecule has 0 aliphatic carbocycles. The molecule has 3 rings (SSSR count). The van der Waals surface area contributed by atoms with Gasteiger partial charge < -0.3 is 90.2 Å². The van der Waals surface area contributed by atoms with E-state index >= 15 is 0 Å². The number of carbonyl (C=O) groups excluding carboxylic acids is 3. The number of aliphatic carboxylic acids is 1. The first-order valence-electron chi connectivity index (χ1n) is 15.1. The Morgan fingerprint density at radius 2 is 1.51 bits per heavy atom. The molecule has 3 fully saturated rings. The second kappa shape index (κ2) is 17.0. The Bertz CT molecular complexity index is 1160. The summed E-state index contributed by atoms with van der Waals surface area (Å²) in [6.07, 6.45) is -25.4. The Balaban J connectivity index is 1.98. The van der Waals surface area contributed by atoms with Crippen LogP contribution in [-0.4, -0.2) is 187 Å². The molecule has 22 nitrogen and oxygen atoms in total. The normalized spacial score (nSPS) is 40.9. The Kier molecular flexibility index (Phi) is 14.2. The number of carbonyl (C=O) groups is 4. The maximum atomic E-state index is 12.8. The summed E-state index contributed by atoms with van der Waals surface area (Å²) < 4.78 is 37.4. The lowest BCUT2D eigenvalue weighted by Crippen LogP contribution is -2.70. The highest BCUT2D eigenvalue weighted by molar-refractivity contribution is 5.76. The highest BCUT2D eigenvalue weighted by Crippen LogP contribution is 2.38. The summed E-state index contributed by atoms with van der Waals surface area (Å²) in [5.74, 6) is -7.59. The van der Waals surface area contributed by atoms with E-state index in [2.05, 4.69) is 5.32 Å². The lowest BCUT2D eigenvalue weighted by molar-refractivity contribution is -0.380. The molecule has 0 aromatic heterocycles. The lowest BCUT2D eigenvalue weighted by atomic mass is 9.88. The van der Waals surface area contributed by atoms with Gasteiger partial charge in [-0.25, -0.2) is 4.79 Å². The van der Waals surface area contributed by atoms with Gasteiger partial charge in [0.15, 0.2) is 18.7 Å². The smallest absolute Gasteiger partial charge is 0.364 e. The number of nitrogens with one attached hydrogen (secondary N) is 1. The van der Waals surface area contributed by atoms with Gasteiger partial charge in [0.25, 0.3) is 5.79 Å². The number of nitrogens with two attached hydrogens (primary N) is 1. The molecule has 3 saturated heterocycles. The van der Waals surface area contributed by atoms with Gasteiger partial charge in [-0.1, -0.05) is 0 Å². The molecule has 0 saturated carbocycles. The second-order valence-electron chi connectivity index (χ2n) is 11.8. The molecule has 49 heavy (non-hydrogen) atoms. The van der Waals surface area contributed by atoms with E-state index in [1.54, 1.807) is 0 Å². The molecule has 3 aliphatic rings. The zero-order valence-corrected chi connectivity index (χ0v) is 26.6. The van der Waals surface area contributed by atoms with Crippen molar-refractivity contribution >= 4 is 23.8 Å². The van der Waals surface area contributed by atoms with Crippen LogP contribution in [0.15, 0.2) is 0 Å². The standard InChI is InChI=1S/C27H44N2O20/c1-8(32)29-16-22(17(37)13(5-30)45-24(16)40)47-25-19(39)23(18(38)14(6-31)46-25)49-27(26(41)42)4-11(35)15(28)21(48-27)20(44-10(3)34)12(36)7-43-9(2)33/h11-25,30-31,35-40H,4-7,28H2,1-3H3,(H,29,32)(H,41,42)/t11-,12+,13+,14+,15+,16+,17-,18-,19+,20+,21+,22+,23-,24?,25-,27-/m0/s1. The molecular weight excluding hydrogens is 672 g/mol. The molecule has 0 aromatic rings. The molecule has 0 spiro atoms. The van der Waals surface area contributed by atoms with E-state index in [9.17, 15) is 65.1 Å². The van der Waals surface area contributed by atoms with E-state index in [1.807, 2.05) is 0 Å². The number of carboxylic acid groups (broad SMARTS) is 1. The molecule has 0 aromatic carbocycles. The van der Waals surface area contributed by atoms with E-state index in [-0.39, 0.29) is 0 Å². The fourth-order valence-electron chi connectivity index (χ4n) is 5.69. The summed E-state index contributed by atoms with van der Waals surface area (Å²) in [4.78, 5) is 47.8. The third kappa shape index (κ3) is 9.36. The van der Waals surface area contributed by atoms with Crippen LogP contribution in [0.4, 0.5) is 0 Å². The number of aliphatic hydroxyl groups excluding tert-OH is 8. The number of ether oxygens (including phenoxy) is 7. The van der Waals surface area contributed by atoms with Gasteiger partial charge in [0.05, 0.1) is 25.4 Å². The molecule has 12 N–H and O–H groups in total. The van der Waals surface area contributed by atoms with E-state index in [0.29, 0.717) is 0 Å². The topological polar surface area (TPSA) is 353 Å². The van der Waals surface area contributed by atoms with E-state index in [0.717, 1.165) is 20.8 Å². The van der Waals surface area contributed by atoms with Gasteiger partial charge in [0, 0.05) is 27.2 Å². The summed E-state index contributed by atoms with van der Waals surface area (Å²) in [5.41, 5.74) is 6.06. The number of hydrogen-bond donors (Lipinski definition) is 11. The van der Waals surface area contributed by atoms with Gasteiger partial charge >= 0.3 is 17.9 Å². The van der Waals surface area contributed by atoms with Crippen molar-refractivity contribution in [1.82, 2.24) is 5.32 Å². The summed E-state index contributed by atoms with van der Waals surface area (Å²) in [6.45, 7) is 0.391. The average Bonchev–Trinajstić information content (AvgIpc) is 3.02. The van der Waals surface area contributed by atoms with Gasteiger partial charge in [-0.3, -0.25) is 14.4 Å². The molecule has 282 valence electrons. The van der Waals surface area contributed by atoms with Gasteiger partial charge in [-0.05, 0) is 0 Å². The predicted octanol–water partition coefficient (Wildman–Crippen LogP) is -7.12. The van der Waals surface area contributed by atoms with Gasteiger partial charge in [-0.2, -0.15) is 0 Å². The molecule has 3 aliphatic heterocycles. The van der Waals surface area contributed by atoms with Crippen molar-refractivity contribution in [3.05, 3.63) is 0 Å². The molecule has 1 amide bonds. The Labute approximate surface area is 278 Å². The van der Waals surface area contributed by atoms with Crippen LogP contribution in [0.5, 0.6) is 0 Å². The maximum absolute atomic E-state index is 12.8. The highest BCUT2D eigenvalue weighted by Gasteiger charge is 2.60. The van der Waals surface area contributed by atoms with Crippen LogP contribution < -0.4 is 11.1 Å². The van der Waals surface area contributed by atoms with Crippen LogP contribution in [0.2, 0.25) is 0 Å². The van der Waals surface area contributed by atoms with Gasteiger partial charge in [-0.15, -0.1) is 0 Å². The number of rotatable bonds is 13. The first kappa shape index (κ1) is 40.7. The molecule has 0 radical (unpaired) electrons. The Morgan fingerprint density at radius 1 is 0.918 bits per heavy atom. The quantitative estimate of drug-likeness (QED) is 0.0788. The zero-order chi connectivity index (χ0) is 37.0. The fraction of sp³-hybridized carbons (Fsp3) is 0.852. The monoisotopic (exact) mass is 716 g/mol. The number of carboxylic acids is 1. The number of esters is 2. The molecule has 1 unspecified atom stereocenters.